The lowest BCUT2D eigenvalue weighted by molar-refractivity contribution is 0.543. The van der Waals surface area contributed by atoms with E-state index in [1.165, 1.54) is 0 Å². The number of benzene rings is 2. The normalized spacial score (nSPS) is 12.4. The van der Waals surface area contributed by atoms with Gasteiger partial charge in [0.1, 0.15) is 5.82 Å². The highest BCUT2D eigenvalue weighted by molar-refractivity contribution is 9.10. The summed E-state index contributed by atoms with van der Waals surface area (Å²) >= 11 is 8.31. The zero-order valence-corrected chi connectivity index (χ0v) is 14.4. The summed E-state index contributed by atoms with van der Waals surface area (Å²) in [7, 11) is 0. The van der Waals surface area contributed by atoms with Crippen LogP contribution >= 0.6 is 43.6 Å². The lowest BCUT2D eigenvalue weighted by Crippen LogP contribution is -2.30. The van der Waals surface area contributed by atoms with Gasteiger partial charge in [0, 0.05) is 20.7 Å². The first-order chi connectivity index (χ1) is 9.63. The van der Waals surface area contributed by atoms with Crippen LogP contribution in [0.25, 0.3) is 0 Å². The Morgan fingerprint density at radius 1 is 1.10 bits per heavy atom. The van der Waals surface area contributed by atoms with Crippen molar-refractivity contribution < 1.29 is 4.39 Å². The van der Waals surface area contributed by atoms with Gasteiger partial charge in [-0.1, -0.05) is 24.3 Å². The van der Waals surface area contributed by atoms with Gasteiger partial charge in [0.2, 0.25) is 0 Å². The first-order valence-corrected chi connectivity index (χ1v) is 8.48. The van der Waals surface area contributed by atoms with Gasteiger partial charge in [-0.2, -0.15) is 0 Å². The van der Waals surface area contributed by atoms with Crippen LogP contribution in [-0.4, -0.2) is 5.75 Å². The quantitative estimate of drug-likeness (QED) is 0.421. The van der Waals surface area contributed by atoms with Crippen molar-refractivity contribution in [2.75, 3.05) is 5.75 Å². The number of rotatable bonds is 5. The first-order valence-electron chi connectivity index (χ1n) is 5.91. The summed E-state index contributed by atoms with van der Waals surface area (Å²) in [6.07, 6.45) is 0. The predicted octanol–water partition coefficient (Wildman–Crippen LogP) is 4.65. The van der Waals surface area contributed by atoms with Crippen LogP contribution in [0.3, 0.4) is 0 Å². The van der Waals surface area contributed by atoms with E-state index in [-0.39, 0.29) is 11.9 Å². The molecule has 2 aromatic rings. The number of hydrogen-bond donors (Lipinski definition) is 2. The molecule has 0 saturated heterocycles. The molecule has 0 fully saturated rings. The molecule has 0 spiro atoms. The minimum Gasteiger partial charge on any atom is -0.271 e. The molecule has 3 N–H and O–H groups in total. The number of hydrogen-bond acceptors (Lipinski definition) is 3. The van der Waals surface area contributed by atoms with E-state index in [0.717, 1.165) is 9.37 Å². The second kappa shape index (κ2) is 7.56. The van der Waals surface area contributed by atoms with Crippen LogP contribution in [0.1, 0.15) is 11.6 Å². The third kappa shape index (κ3) is 3.83. The Hall–Kier alpha value is -0.400. The Balaban J connectivity index is 2.14. The molecule has 0 bridgehead atoms. The predicted molar refractivity (Wildman–Crippen MR) is 89.0 cm³/mol. The van der Waals surface area contributed by atoms with Crippen LogP contribution in [0, 0.1) is 5.82 Å². The largest absolute Gasteiger partial charge is 0.271 e. The average Bonchev–Trinajstić information content (AvgIpc) is 2.45. The molecule has 2 nitrogen and oxygen atoms in total. The third-order valence-corrected chi connectivity index (χ3v) is 5.53. The molecule has 0 aliphatic heterocycles. The standard InChI is InChI=1S/C14H13Br2FN2S/c15-10-5-1-2-7-13(10)20-8-12(19-18)9-4-3-6-11(16)14(9)17/h1-7,12,19H,8,18H2. The van der Waals surface area contributed by atoms with Gasteiger partial charge >= 0.3 is 0 Å². The molecular formula is C14H13Br2FN2S. The third-order valence-electron chi connectivity index (χ3n) is 2.80. The molecule has 0 saturated carbocycles. The molecule has 1 atom stereocenters. The van der Waals surface area contributed by atoms with E-state index >= 15 is 0 Å². The summed E-state index contributed by atoms with van der Waals surface area (Å²) < 4.78 is 15.6. The Morgan fingerprint density at radius 3 is 2.50 bits per heavy atom. The number of nitrogens with one attached hydrogen (secondary N) is 1. The molecule has 20 heavy (non-hydrogen) atoms. The average molecular weight is 420 g/mol. The van der Waals surface area contributed by atoms with Crippen molar-refractivity contribution in [3.8, 4) is 0 Å². The lowest BCUT2D eigenvalue weighted by atomic mass is 10.1. The van der Waals surface area contributed by atoms with Crippen molar-refractivity contribution in [1.29, 1.82) is 0 Å². The maximum absolute atomic E-state index is 14.1. The van der Waals surface area contributed by atoms with Gasteiger partial charge in [-0.25, -0.2) is 4.39 Å². The minimum atomic E-state index is -0.275. The molecule has 2 rings (SSSR count). The monoisotopic (exact) mass is 418 g/mol. The lowest BCUT2D eigenvalue weighted by Gasteiger charge is -2.17. The van der Waals surface area contributed by atoms with Crippen LogP contribution < -0.4 is 11.3 Å². The van der Waals surface area contributed by atoms with E-state index in [4.69, 9.17) is 5.84 Å². The number of thioether (sulfide) groups is 1. The van der Waals surface area contributed by atoms with E-state index in [1.54, 1.807) is 30.0 Å². The van der Waals surface area contributed by atoms with Crippen LogP contribution in [0.5, 0.6) is 0 Å². The van der Waals surface area contributed by atoms with Gasteiger partial charge in [0.15, 0.2) is 0 Å². The number of nitrogens with two attached hydrogens (primary N) is 1. The summed E-state index contributed by atoms with van der Waals surface area (Å²) in [6, 6.07) is 12.9. The first kappa shape index (κ1) is 16.0. The SMILES string of the molecule is NNC(CSc1ccccc1Br)c1cccc(Br)c1F. The second-order valence-corrected chi connectivity index (χ2v) is 6.87. The van der Waals surface area contributed by atoms with Crippen molar-refractivity contribution in [2.45, 2.75) is 10.9 Å². The number of hydrazine groups is 1. The zero-order valence-electron chi connectivity index (χ0n) is 10.4. The molecule has 0 aromatic heterocycles. The fraction of sp³-hybridized carbons (Fsp3) is 0.143. The minimum absolute atomic E-state index is 0.260. The van der Waals surface area contributed by atoms with E-state index < -0.39 is 0 Å². The molecule has 0 aliphatic carbocycles. The van der Waals surface area contributed by atoms with E-state index in [9.17, 15) is 4.39 Å². The Morgan fingerprint density at radius 2 is 1.80 bits per heavy atom. The maximum atomic E-state index is 14.1. The van der Waals surface area contributed by atoms with Crippen molar-refractivity contribution in [2.24, 2.45) is 5.84 Å². The van der Waals surface area contributed by atoms with E-state index in [1.807, 2.05) is 24.3 Å². The Bertz CT molecular complexity index is 595. The van der Waals surface area contributed by atoms with Crippen molar-refractivity contribution in [3.05, 3.63) is 62.8 Å². The maximum Gasteiger partial charge on any atom is 0.142 e. The summed E-state index contributed by atoms with van der Waals surface area (Å²) in [5.41, 5.74) is 3.24. The van der Waals surface area contributed by atoms with Crippen LogP contribution in [-0.2, 0) is 0 Å². The van der Waals surface area contributed by atoms with Gasteiger partial charge < -0.3 is 0 Å². The number of halogens is 3. The summed E-state index contributed by atoms with van der Waals surface area (Å²) in [6.45, 7) is 0. The zero-order chi connectivity index (χ0) is 14.5. The molecule has 1 unspecified atom stereocenters. The molecular weight excluding hydrogens is 407 g/mol. The van der Waals surface area contributed by atoms with Crippen molar-refractivity contribution in [1.82, 2.24) is 5.43 Å². The highest BCUT2D eigenvalue weighted by Gasteiger charge is 2.16. The van der Waals surface area contributed by atoms with Gasteiger partial charge in [-0.3, -0.25) is 11.3 Å². The van der Waals surface area contributed by atoms with E-state index in [2.05, 4.69) is 37.3 Å². The van der Waals surface area contributed by atoms with Crippen LogP contribution in [0.15, 0.2) is 56.3 Å². The Labute approximate surface area is 138 Å². The topological polar surface area (TPSA) is 38.0 Å². The Kier molecular flexibility index (Phi) is 6.04. The highest BCUT2D eigenvalue weighted by atomic mass is 79.9. The van der Waals surface area contributed by atoms with Crippen LogP contribution in [0.2, 0.25) is 0 Å². The summed E-state index contributed by atoms with van der Waals surface area (Å²) in [4.78, 5) is 1.10. The molecule has 0 heterocycles. The van der Waals surface area contributed by atoms with Gasteiger partial charge in [-0.05, 0) is 50.1 Å². The molecule has 0 radical (unpaired) electrons. The van der Waals surface area contributed by atoms with E-state index in [0.29, 0.717) is 15.8 Å². The van der Waals surface area contributed by atoms with Gasteiger partial charge in [-0.15, -0.1) is 11.8 Å². The molecule has 0 amide bonds. The van der Waals surface area contributed by atoms with Crippen LogP contribution in [0.4, 0.5) is 4.39 Å². The molecule has 0 aliphatic rings. The van der Waals surface area contributed by atoms with Gasteiger partial charge in [0.05, 0.1) is 10.5 Å². The molecule has 2 aromatic carbocycles. The molecule has 106 valence electrons. The fourth-order valence-corrected chi connectivity index (χ4v) is 3.76. The molecule has 6 heteroatoms. The van der Waals surface area contributed by atoms with Gasteiger partial charge in [0.25, 0.3) is 0 Å². The second-order valence-electron chi connectivity index (χ2n) is 4.10. The summed E-state index contributed by atoms with van der Waals surface area (Å²) in [5.74, 6) is 5.93. The smallest absolute Gasteiger partial charge is 0.142 e. The highest BCUT2D eigenvalue weighted by Crippen LogP contribution is 2.31. The summed E-state index contributed by atoms with van der Waals surface area (Å²) in [5, 5.41) is 0. The van der Waals surface area contributed by atoms with Crippen molar-refractivity contribution >= 4 is 43.6 Å². The fourth-order valence-electron chi connectivity index (χ4n) is 1.75. The van der Waals surface area contributed by atoms with Crippen molar-refractivity contribution in [3.63, 3.8) is 0 Å².